The van der Waals surface area contributed by atoms with Crippen LogP contribution in [0.3, 0.4) is 0 Å². The van der Waals surface area contributed by atoms with Crippen molar-refractivity contribution in [2.45, 2.75) is 71.8 Å². The molecule has 2 aromatic carbocycles. The molecule has 8 heteroatoms. The van der Waals surface area contributed by atoms with Gasteiger partial charge in [-0.3, -0.25) is 9.69 Å². The van der Waals surface area contributed by atoms with Gasteiger partial charge in [0, 0.05) is 24.0 Å². The zero-order valence-electron chi connectivity index (χ0n) is 22.7. The largest absolute Gasteiger partial charge is 0.488 e. The minimum Gasteiger partial charge on any atom is -0.488 e. The van der Waals surface area contributed by atoms with Gasteiger partial charge in [0.1, 0.15) is 17.5 Å². The van der Waals surface area contributed by atoms with Crippen LogP contribution in [0, 0.1) is 0 Å². The lowest BCUT2D eigenvalue weighted by molar-refractivity contribution is 0.0546. The minimum absolute atomic E-state index is 0.137. The van der Waals surface area contributed by atoms with E-state index in [9.17, 15) is 14.7 Å². The van der Waals surface area contributed by atoms with Crippen molar-refractivity contribution in [3.63, 3.8) is 0 Å². The molecule has 38 heavy (non-hydrogen) atoms. The standard InChI is InChI=1S/C30H37N3O5/c1-19(18-34)37-23-13-22-16-31-28(35)27(22)24(15-23)26-14-21-12-20(17-32-10-6-5-7-11-32)8-9-25(21)33(26)29(36)38-30(2,3)4/h8-9,12-15,19,34H,5-7,10-11,16-18H2,1-4H3,(H,31,35). The summed E-state index contributed by atoms with van der Waals surface area (Å²) in [5, 5.41) is 13.3. The van der Waals surface area contributed by atoms with E-state index < -0.39 is 17.8 Å². The third kappa shape index (κ3) is 5.42. The first-order valence-corrected chi connectivity index (χ1v) is 13.5. The Morgan fingerprint density at radius 1 is 1.11 bits per heavy atom. The number of hydrogen-bond acceptors (Lipinski definition) is 6. The molecule has 8 nitrogen and oxygen atoms in total. The second-order valence-electron chi connectivity index (χ2n) is 11.4. The van der Waals surface area contributed by atoms with Crippen LogP contribution in [0.25, 0.3) is 22.2 Å². The molecule has 0 radical (unpaired) electrons. The molecule has 0 saturated carbocycles. The molecule has 0 bridgehead atoms. The molecule has 0 aliphatic carbocycles. The molecule has 1 saturated heterocycles. The Morgan fingerprint density at radius 2 is 1.87 bits per heavy atom. The van der Waals surface area contributed by atoms with Gasteiger partial charge in [-0.25, -0.2) is 9.36 Å². The molecule has 5 rings (SSSR count). The summed E-state index contributed by atoms with van der Waals surface area (Å²) in [6, 6.07) is 11.7. The normalized spacial score (nSPS) is 16.8. The van der Waals surface area contributed by atoms with Crippen molar-refractivity contribution < 1.29 is 24.2 Å². The minimum atomic E-state index is -0.694. The van der Waals surface area contributed by atoms with E-state index in [0.29, 0.717) is 29.1 Å². The fourth-order valence-corrected chi connectivity index (χ4v) is 5.33. The Morgan fingerprint density at radius 3 is 2.58 bits per heavy atom. The maximum atomic E-state index is 13.6. The van der Waals surface area contributed by atoms with Gasteiger partial charge in [-0.1, -0.05) is 12.5 Å². The number of piperidine rings is 1. The Hall–Kier alpha value is -3.36. The van der Waals surface area contributed by atoms with Crippen LogP contribution >= 0.6 is 0 Å². The van der Waals surface area contributed by atoms with E-state index in [1.807, 2.05) is 39.0 Å². The van der Waals surface area contributed by atoms with E-state index in [0.717, 1.165) is 36.1 Å². The van der Waals surface area contributed by atoms with E-state index in [2.05, 4.69) is 22.3 Å². The van der Waals surface area contributed by atoms with Crippen LogP contribution in [-0.4, -0.2) is 58.0 Å². The van der Waals surface area contributed by atoms with Crippen molar-refractivity contribution in [2.75, 3.05) is 19.7 Å². The zero-order chi connectivity index (χ0) is 27.0. The summed E-state index contributed by atoms with van der Waals surface area (Å²) >= 11 is 0. The maximum absolute atomic E-state index is 13.6. The number of hydrogen-bond donors (Lipinski definition) is 2. The van der Waals surface area contributed by atoms with E-state index >= 15 is 0 Å². The van der Waals surface area contributed by atoms with Gasteiger partial charge in [0.05, 0.1) is 23.4 Å². The highest BCUT2D eigenvalue weighted by molar-refractivity contribution is 6.07. The Labute approximate surface area is 223 Å². The Balaban J connectivity index is 1.65. The lowest BCUT2D eigenvalue weighted by Crippen LogP contribution is -2.29. The van der Waals surface area contributed by atoms with Gasteiger partial charge in [0.2, 0.25) is 0 Å². The summed E-state index contributed by atoms with van der Waals surface area (Å²) < 4.78 is 13.3. The van der Waals surface area contributed by atoms with Gasteiger partial charge in [0.25, 0.3) is 5.91 Å². The molecule has 1 aromatic heterocycles. The molecule has 202 valence electrons. The van der Waals surface area contributed by atoms with E-state index in [1.54, 1.807) is 17.6 Å². The molecule has 2 aliphatic heterocycles. The average Bonchev–Trinajstić information content (AvgIpc) is 3.43. The molecule has 1 atom stereocenters. The van der Waals surface area contributed by atoms with Gasteiger partial charge < -0.3 is 19.9 Å². The van der Waals surface area contributed by atoms with E-state index in [4.69, 9.17) is 9.47 Å². The first-order valence-electron chi connectivity index (χ1n) is 13.5. The lowest BCUT2D eigenvalue weighted by Gasteiger charge is -2.26. The van der Waals surface area contributed by atoms with Crippen molar-refractivity contribution in [1.29, 1.82) is 0 Å². The number of aliphatic hydroxyl groups excluding tert-OH is 1. The van der Waals surface area contributed by atoms with Gasteiger partial charge in [-0.2, -0.15) is 0 Å². The molecule has 3 aromatic rings. The quantitative estimate of drug-likeness (QED) is 0.472. The molecule has 2 N–H and O–H groups in total. The number of rotatable bonds is 6. The van der Waals surface area contributed by atoms with Crippen molar-refractivity contribution in [1.82, 2.24) is 14.8 Å². The Bertz CT molecular complexity index is 1360. The number of nitrogens with one attached hydrogen (secondary N) is 1. The van der Waals surface area contributed by atoms with E-state index in [1.165, 1.54) is 24.8 Å². The monoisotopic (exact) mass is 519 g/mol. The highest BCUT2D eigenvalue weighted by Gasteiger charge is 2.30. The van der Waals surface area contributed by atoms with Crippen molar-refractivity contribution in [3.8, 4) is 17.0 Å². The number of benzene rings is 2. The van der Waals surface area contributed by atoms with Gasteiger partial charge in [0.15, 0.2) is 0 Å². The number of aromatic nitrogens is 1. The SMILES string of the molecule is CC(CO)Oc1cc2c(c(-c3cc4cc(CN5CCCCC5)ccc4n3C(=O)OC(C)(C)C)c1)C(=O)NC2. The summed E-state index contributed by atoms with van der Waals surface area (Å²) in [6.07, 6.45) is 2.81. The molecule has 0 spiro atoms. The van der Waals surface area contributed by atoms with Crippen LogP contribution in [-0.2, 0) is 17.8 Å². The maximum Gasteiger partial charge on any atom is 0.419 e. The highest BCUT2D eigenvalue weighted by atomic mass is 16.6. The second kappa shape index (κ2) is 10.4. The molecular weight excluding hydrogens is 482 g/mol. The lowest BCUT2D eigenvalue weighted by atomic mass is 9.99. The van der Waals surface area contributed by atoms with Crippen molar-refractivity contribution in [2.24, 2.45) is 0 Å². The molecule has 3 heterocycles. The summed E-state index contributed by atoms with van der Waals surface area (Å²) in [5.41, 5.74) is 3.69. The summed E-state index contributed by atoms with van der Waals surface area (Å²) in [4.78, 5) is 29.0. The Kier molecular flexibility index (Phi) is 7.20. The number of aliphatic hydroxyl groups is 1. The number of ether oxygens (including phenoxy) is 2. The number of likely N-dealkylation sites (tertiary alicyclic amines) is 1. The second-order valence-corrected chi connectivity index (χ2v) is 11.4. The van der Waals surface area contributed by atoms with Crippen molar-refractivity contribution in [3.05, 3.63) is 53.1 Å². The van der Waals surface area contributed by atoms with Crippen LogP contribution in [0.5, 0.6) is 5.75 Å². The van der Waals surface area contributed by atoms with Gasteiger partial charge >= 0.3 is 6.09 Å². The predicted molar refractivity (Wildman–Crippen MR) is 146 cm³/mol. The predicted octanol–water partition coefficient (Wildman–Crippen LogP) is 5.08. The summed E-state index contributed by atoms with van der Waals surface area (Å²) in [7, 11) is 0. The number of carbonyl (C=O) groups is 2. The fourth-order valence-electron chi connectivity index (χ4n) is 5.33. The van der Waals surface area contributed by atoms with E-state index in [-0.39, 0.29) is 12.5 Å². The number of nitrogens with zero attached hydrogens (tertiary/aromatic N) is 2. The molecule has 1 fully saturated rings. The first kappa shape index (κ1) is 26.3. The number of fused-ring (bicyclic) bond motifs is 2. The third-order valence-corrected chi connectivity index (χ3v) is 7.03. The topological polar surface area (TPSA) is 93.0 Å². The van der Waals surface area contributed by atoms with Crippen LogP contribution in [0.2, 0.25) is 0 Å². The van der Waals surface area contributed by atoms with Crippen LogP contribution < -0.4 is 10.1 Å². The van der Waals surface area contributed by atoms with Crippen LogP contribution in [0.1, 0.15) is 68.4 Å². The van der Waals surface area contributed by atoms with Gasteiger partial charge in [-0.15, -0.1) is 0 Å². The van der Waals surface area contributed by atoms with Crippen molar-refractivity contribution >= 4 is 22.9 Å². The highest BCUT2D eigenvalue weighted by Crippen LogP contribution is 2.38. The fraction of sp³-hybridized carbons (Fsp3) is 0.467. The molecule has 1 amide bonds. The molecular formula is C30H37N3O5. The average molecular weight is 520 g/mol. The zero-order valence-corrected chi connectivity index (χ0v) is 22.7. The molecule has 2 aliphatic rings. The number of carbonyl (C=O) groups excluding carboxylic acids is 2. The molecule has 1 unspecified atom stereocenters. The van der Waals surface area contributed by atoms with Crippen LogP contribution in [0.15, 0.2) is 36.4 Å². The number of amides is 1. The van der Waals surface area contributed by atoms with Crippen LogP contribution in [0.4, 0.5) is 4.79 Å². The summed E-state index contributed by atoms with van der Waals surface area (Å²) in [6.45, 7) is 10.6. The van der Waals surface area contributed by atoms with Gasteiger partial charge in [-0.05, 0) is 95.1 Å². The third-order valence-electron chi connectivity index (χ3n) is 7.03. The summed E-state index contributed by atoms with van der Waals surface area (Å²) in [5.74, 6) is 0.340. The smallest absolute Gasteiger partial charge is 0.419 e. The first-order chi connectivity index (χ1) is 18.1.